The molecule has 0 bridgehead atoms. The Kier molecular flexibility index (Phi) is 4.61. The van der Waals surface area contributed by atoms with Gasteiger partial charge in [0.05, 0.1) is 0 Å². The quantitative estimate of drug-likeness (QED) is 0.908. The number of nitrogens with one attached hydrogen (secondary N) is 1. The minimum absolute atomic E-state index is 0.124. The fourth-order valence-corrected chi connectivity index (χ4v) is 2.50. The summed E-state index contributed by atoms with van der Waals surface area (Å²) in [6.07, 6.45) is 2.25. The number of carbonyl (C=O) groups excluding carboxylic acids is 1. The zero-order chi connectivity index (χ0) is 13.0. The molecule has 18 heavy (non-hydrogen) atoms. The van der Waals surface area contributed by atoms with E-state index in [1.54, 1.807) is 24.3 Å². The standard InChI is InChI=1S/C14H19ClN2O/c1-16-8-6-11-7-9-17(10-11)14(18)12-2-4-13(15)5-3-12/h2-5,11,16H,6-10H2,1H3. The normalized spacial score (nSPS) is 19.2. The van der Waals surface area contributed by atoms with Crippen molar-refractivity contribution in [3.05, 3.63) is 34.9 Å². The van der Waals surface area contributed by atoms with Crippen molar-refractivity contribution in [3.8, 4) is 0 Å². The first-order valence-electron chi connectivity index (χ1n) is 6.40. The molecule has 4 heteroatoms. The summed E-state index contributed by atoms with van der Waals surface area (Å²) in [5.74, 6) is 0.757. The van der Waals surface area contributed by atoms with Crippen LogP contribution < -0.4 is 5.32 Å². The van der Waals surface area contributed by atoms with E-state index in [0.717, 1.165) is 38.0 Å². The van der Waals surface area contributed by atoms with E-state index in [1.165, 1.54) is 0 Å². The Balaban J connectivity index is 1.93. The second-order valence-corrected chi connectivity index (χ2v) is 5.24. The maximum absolute atomic E-state index is 12.2. The fraction of sp³-hybridized carbons (Fsp3) is 0.500. The number of carbonyl (C=O) groups is 1. The molecule has 1 saturated heterocycles. The third kappa shape index (κ3) is 3.24. The minimum Gasteiger partial charge on any atom is -0.338 e. The van der Waals surface area contributed by atoms with Gasteiger partial charge in [-0.05, 0) is 56.6 Å². The Morgan fingerprint density at radius 3 is 2.83 bits per heavy atom. The molecular formula is C14H19ClN2O. The van der Waals surface area contributed by atoms with Crippen LogP contribution >= 0.6 is 11.6 Å². The summed E-state index contributed by atoms with van der Waals surface area (Å²) in [7, 11) is 1.96. The van der Waals surface area contributed by atoms with Gasteiger partial charge in [0.2, 0.25) is 0 Å². The summed E-state index contributed by atoms with van der Waals surface area (Å²) < 4.78 is 0. The second-order valence-electron chi connectivity index (χ2n) is 4.80. The average Bonchev–Trinajstić information content (AvgIpc) is 2.85. The fourth-order valence-electron chi connectivity index (χ4n) is 2.38. The van der Waals surface area contributed by atoms with E-state index in [2.05, 4.69) is 5.32 Å². The van der Waals surface area contributed by atoms with Gasteiger partial charge in [0.15, 0.2) is 0 Å². The molecule has 0 saturated carbocycles. The van der Waals surface area contributed by atoms with Crippen LogP contribution in [0.15, 0.2) is 24.3 Å². The number of amides is 1. The minimum atomic E-state index is 0.124. The smallest absolute Gasteiger partial charge is 0.253 e. The van der Waals surface area contributed by atoms with Crippen LogP contribution in [0.25, 0.3) is 0 Å². The molecule has 98 valence electrons. The summed E-state index contributed by atoms with van der Waals surface area (Å²) in [6.45, 7) is 2.77. The number of hydrogen-bond donors (Lipinski definition) is 1. The number of benzene rings is 1. The Bertz CT molecular complexity index is 405. The molecule has 1 aliphatic rings. The average molecular weight is 267 g/mol. The topological polar surface area (TPSA) is 32.3 Å². The van der Waals surface area contributed by atoms with Crippen LogP contribution in [0.2, 0.25) is 5.02 Å². The molecule has 1 unspecified atom stereocenters. The Hall–Kier alpha value is -1.06. The van der Waals surface area contributed by atoms with Crippen molar-refractivity contribution in [2.45, 2.75) is 12.8 Å². The van der Waals surface area contributed by atoms with Gasteiger partial charge in [-0.1, -0.05) is 11.6 Å². The van der Waals surface area contributed by atoms with E-state index in [9.17, 15) is 4.79 Å². The summed E-state index contributed by atoms with van der Waals surface area (Å²) in [5.41, 5.74) is 0.730. The van der Waals surface area contributed by atoms with E-state index in [4.69, 9.17) is 11.6 Å². The van der Waals surface area contributed by atoms with E-state index in [1.807, 2.05) is 11.9 Å². The SMILES string of the molecule is CNCCC1CCN(C(=O)c2ccc(Cl)cc2)C1. The van der Waals surface area contributed by atoms with Gasteiger partial charge in [0, 0.05) is 23.7 Å². The lowest BCUT2D eigenvalue weighted by atomic mass is 10.1. The number of nitrogens with zero attached hydrogens (tertiary/aromatic N) is 1. The Morgan fingerprint density at radius 2 is 2.17 bits per heavy atom. The van der Waals surface area contributed by atoms with Gasteiger partial charge in [-0.3, -0.25) is 4.79 Å². The molecule has 3 nitrogen and oxygen atoms in total. The van der Waals surface area contributed by atoms with Crippen molar-refractivity contribution >= 4 is 17.5 Å². The van der Waals surface area contributed by atoms with Gasteiger partial charge in [-0.25, -0.2) is 0 Å². The summed E-state index contributed by atoms with van der Waals surface area (Å²) >= 11 is 5.82. The first-order valence-corrected chi connectivity index (χ1v) is 6.78. The highest BCUT2D eigenvalue weighted by molar-refractivity contribution is 6.30. The predicted octanol–water partition coefficient (Wildman–Crippen LogP) is 2.41. The summed E-state index contributed by atoms with van der Waals surface area (Å²) in [6, 6.07) is 7.13. The monoisotopic (exact) mass is 266 g/mol. The third-order valence-electron chi connectivity index (χ3n) is 3.47. The van der Waals surface area contributed by atoms with Crippen LogP contribution in [0.4, 0.5) is 0 Å². The number of hydrogen-bond acceptors (Lipinski definition) is 2. The van der Waals surface area contributed by atoms with Gasteiger partial charge in [-0.15, -0.1) is 0 Å². The van der Waals surface area contributed by atoms with Gasteiger partial charge >= 0.3 is 0 Å². The van der Waals surface area contributed by atoms with Crippen molar-refractivity contribution < 1.29 is 4.79 Å². The summed E-state index contributed by atoms with van der Waals surface area (Å²) in [5, 5.41) is 3.82. The molecule has 1 fully saturated rings. The molecule has 1 amide bonds. The van der Waals surface area contributed by atoms with Crippen molar-refractivity contribution in [3.63, 3.8) is 0 Å². The lowest BCUT2D eigenvalue weighted by molar-refractivity contribution is 0.0786. The van der Waals surface area contributed by atoms with E-state index >= 15 is 0 Å². The van der Waals surface area contributed by atoms with Crippen LogP contribution in [0.1, 0.15) is 23.2 Å². The molecule has 1 aromatic rings. The van der Waals surface area contributed by atoms with Crippen LogP contribution in [-0.2, 0) is 0 Å². The van der Waals surface area contributed by atoms with E-state index in [0.29, 0.717) is 10.9 Å². The highest BCUT2D eigenvalue weighted by atomic mass is 35.5. The second kappa shape index (κ2) is 6.21. The molecule has 2 rings (SSSR count). The van der Waals surface area contributed by atoms with Crippen molar-refractivity contribution in [2.24, 2.45) is 5.92 Å². The van der Waals surface area contributed by atoms with Crippen LogP contribution in [0.3, 0.4) is 0 Å². The molecular weight excluding hydrogens is 248 g/mol. The van der Waals surface area contributed by atoms with Gasteiger partial charge < -0.3 is 10.2 Å². The zero-order valence-electron chi connectivity index (χ0n) is 10.7. The highest BCUT2D eigenvalue weighted by Crippen LogP contribution is 2.21. The first-order chi connectivity index (χ1) is 8.70. The molecule has 0 aromatic heterocycles. The largest absolute Gasteiger partial charge is 0.338 e. The van der Waals surface area contributed by atoms with Crippen LogP contribution in [0, 0.1) is 5.92 Å². The van der Waals surface area contributed by atoms with E-state index in [-0.39, 0.29) is 5.91 Å². The molecule has 0 aliphatic carbocycles. The maximum atomic E-state index is 12.2. The Morgan fingerprint density at radius 1 is 1.44 bits per heavy atom. The zero-order valence-corrected chi connectivity index (χ0v) is 11.4. The summed E-state index contributed by atoms with van der Waals surface area (Å²) in [4.78, 5) is 14.2. The number of halogens is 1. The molecule has 1 aromatic carbocycles. The lowest BCUT2D eigenvalue weighted by Crippen LogP contribution is -2.29. The third-order valence-corrected chi connectivity index (χ3v) is 3.72. The van der Waals surface area contributed by atoms with E-state index < -0.39 is 0 Å². The van der Waals surface area contributed by atoms with Crippen molar-refractivity contribution in [1.82, 2.24) is 10.2 Å². The van der Waals surface area contributed by atoms with Crippen molar-refractivity contribution in [2.75, 3.05) is 26.7 Å². The maximum Gasteiger partial charge on any atom is 0.253 e. The lowest BCUT2D eigenvalue weighted by Gasteiger charge is -2.16. The number of likely N-dealkylation sites (tertiary alicyclic amines) is 1. The predicted molar refractivity (Wildman–Crippen MR) is 74.0 cm³/mol. The van der Waals surface area contributed by atoms with Gasteiger partial charge in [0.1, 0.15) is 0 Å². The van der Waals surface area contributed by atoms with Crippen LogP contribution in [0.5, 0.6) is 0 Å². The number of rotatable bonds is 4. The molecule has 1 aliphatic heterocycles. The molecule has 1 atom stereocenters. The molecule has 0 spiro atoms. The van der Waals surface area contributed by atoms with Crippen LogP contribution in [-0.4, -0.2) is 37.5 Å². The highest BCUT2D eigenvalue weighted by Gasteiger charge is 2.26. The van der Waals surface area contributed by atoms with Crippen molar-refractivity contribution in [1.29, 1.82) is 0 Å². The van der Waals surface area contributed by atoms with Gasteiger partial charge in [-0.2, -0.15) is 0 Å². The Labute approximate surface area is 113 Å². The molecule has 0 radical (unpaired) electrons. The van der Waals surface area contributed by atoms with Gasteiger partial charge in [0.25, 0.3) is 5.91 Å². The first kappa shape index (κ1) is 13.4. The molecule has 1 N–H and O–H groups in total. The molecule has 1 heterocycles.